The average Bonchev–Trinajstić information content (AvgIpc) is 3.45. The molecule has 1 saturated heterocycles. The summed E-state index contributed by atoms with van der Waals surface area (Å²) < 4.78 is 0. The number of halogens is 1. The van der Waals surface area contributed by atoms with Gasteiger partial charge in [0.15, 0.2) is 11.6 Å². The Hall–Kier alpha value is -4.55. The number of nitrogens with one attached hydrogen (secondary N) is 1. The van der Waals surface area contributed by atoms with Crippen LogP contribution in [0.2, 0.25) is 5.02 Å². The molecule has 1 aromatic heterocycles. The minimum atomic E-state index is -1.36. The molecular formula is C33H24ClN3O3. The van der Waals surface area contributed by atoms with Gasteiger partial charge in [0.1, 0.15) is 11.5 Å². The van der Waals surface area contributed by atoms with E-state index in [1.54, 1.807) is 42.6 Å². The third-order valence-corrected chi connectivity index (χ3v) is 8.76. The van der Waals surface area contributed by atoms with Crippen LogP contribution in [-0.4, -0.2) is 34.5 Å². The molecule has 7 heteroatoms. The number of allylic oxidation sites excluding steroid dienone is 1. The highest BCUT2D eigenvalue weighted by Crippen LogP contribution is 2.58. The Balaban J connectivity index is 1.56. The summed E-state index contributed by atoms with van der Waals surface area (Å²) in [7, 11) is 0. The topological polar surface area (TPSA) is 79.4 Å². The predicted octanol–water partition coefficient (Wildman–Crippen LogP) is 5.98. The van der Waals surface area contributed by atoms with Gasteiger partial charge >= 0.3 is 0 Å². The zero-order valence-corrected chi connectivity index (χ0v) is 22.3. The summed E-state index contributed by atoms with van der Waals surface area (Å²) in [5.41, 5.74) is 3.55. The van der Waals surface area contributed by atoms with Gasteiger partial charge in [0.2, 0.25) is 5.91 Å². The van der Waals surface area contributed by atoms with Gasteiger partial charge in [0.05, 0.1) is 12.0 Å². The van der Waals surface area contributed by atoms with E-state index in [0.717, 1.165) is 16.8 Å². The maximum atomic E-state index is 14.7. The number of nitrogens with zero attached hydrogens (tertiary/aromatic N) is 2. The van der Waals surface area contributed by atoms with Crippen molar-refractivity contribution >= 4 is 46.0 Å². The van der Waals surface area contributed by atoms with Gasteiger partial charge in [-0.05, 0) is 66.6 Å². The summed E-state index contributed by atoms with van der Waals surface area (Å²) >= 11 is 6.16. The molecule has 196 valence electrons. The van der Waals surface area contributed by atoms with Crippen molar-refractivity contribution < 1.29 is 14.4 Å². The second-order valence-electron chi connectivity index (χ2n) is 10.5. The first-order valence-electron chi connectivity index (χ1n) is 13.1. The Bertz CT molecular complexity index is 1730. The number of carbonyl (C=O) groups is 3. The number of fused-ring (bicyclic) bond motifs is 6. The molecule has 1 N–H and O–H groups in total. The fourth-order valence-corrected chi connectivity index (χ4v) is 6.99. The Labute approximate surface area is 236 Å². The summed E-state index contributed by atoms with van der Waals surface area (Å²) in [6.45, 7) is 2.01. The quantitative estimate of drug-likeness (QED) is 0.319. The molecule has 0 radical (unpaired) electrons. The Kier molecular flexibility index (Phi) is 5.51. The maximum Gasteiger partial charge on any atom is 0.238 e. The minimum Gasteiger partial charge on any atom is -0.352 e. The Morgan fingerprint density at radius 2 is 1.65 bits per heavy atom. The van der Waals surface area contributed by atoms with Gasteiger partial charge in [0, 0.05) is 45.5 Å². The van der Waals surface area contributed by atoms with Gasteiger partial charge in [-0.25, -0.2) is 0 Å². The molecular weight excluding hydrogens is 522 g/mol. The van der Waals surface area contributed by atoms with E-state index < -0.39 is 23.4 Å². The van der Waals surface area contributed by atoms with Crippen LogP contribution in [0.5, 0.6) is 0 Å². The van der Waals surface area contributed by atoms with E-state index in [1.165, 1.54) is 6.20 Å². The number of rotatable bonds is 4. The molecule has 4 atom stereocenters. The summed E-state index contributed by atoms with van der Waals surface area (Å²) in [5.74, 6) is -1.88. The molecule has 4 heterocycles. The number of amides is 1. The van der Waals surface area contributed by atoms with Crippen molar-refractivity contribution in [1.82, 2.24) is 4.98 Å². The standard InChI is InChI=1S/C33H24ClN3O3/c1-19-17-27-33(24-9-3-4-10-25(24)36-32(33)40)28(30(38)21-7-6-16-35-18-21)29(31(39)20-12-14-22(34)15-13-20)37(27)26-11-5-2-8-23(19)26/h2-18,27-29H,1H3,(H,36,40)/t27-,28-,29-,33-/m0/s1. The lowest BCUT2D eigenvalue weighted by Crippen LogP contribution is -2.51. The first-order valence-corrected chi connectivity index (χ1v) is 13.5. The number of para-hydroxylation sites is 2. The average molecular weight is 546 g/mol. The molecule has 3 aromatic carbocycles. The fraction of sp³-hybridized carbons (Fsp3) is 0.152. The molecule has 3 aliphatic rings. The molecule has 1 spiro atoms. The fourth-order valence-electron chi connectivity index (χ4n) is 6.86. The maximum absolute atomic E-state index is 14.7. The van der Waals surface area contributed by atoms with Gasteiger partial charge in [-0.15, -0.1) is 0 Å². The minimum absolute atomic E-state index is 0.249. The number of aromatic nitrogens is 1. The highest BCUT2D eigenvalue weighted by molar-refractivity contribution is 6.30. The second-order valence-corrected chi connectivity index (χ2v) is 10.9. The Morgan fingerprint density at radius 1 is 0.900 bits per heavy atom. The first-order chi connectivity index (χ1) is 19.4. The van der Waals surface area contributed by atoms with Crippen LogP contribution in [0.3, 0.4) is 0 Å². The molecule has 1 amide bonds. The van der Waals surface area contributed by atoms with E-state index in [9.17, 15) is 14.4 Å². The molecule has 1 fully saturated rings. The lowest BCUT2D eigenvalue weighted by molar-refractivity contribution is -0.121. The van der Waals surface area contributed by atoms with Crippen LogP contribution >= 0.6 is 11.6 Å². The Morgan fingerprint density at radius 3 is 2.42 bits per heavy atom. The van der Waals surface area contributed by atoms with Crippen molar-refractivity contribution in [3.63, 3.8) is 0 Å². The van der Waals surface area contributed by atoms with Crippen molar-refractivity contribution in [3.8, 4) is 0 Å². The van der Waals surface area contributed by atoms with Crippen molar-refractivity contribution in [2.45, 2.75) is 24.4 Å². The predicted molar refractivity (Wildman–Crippen MR) is 155 cm³/mol. The number of Topliss-reactive ketones (excluding diaryl/α,β-unsaturated/α-hetero) is 2. The van der Waals surface area contributed by atoms with Crippen LogP contribution in [-0.2, 0) is 10.2 Å². The lowest BCUT2D eigenvalue weighted by atomic mass is 9.64. The summed E-state index contributed by atoms with van der Waals surface area (Å²) in [5, 5.41) is 3.56. The van der Waals surface area contributed by atoms with Crippen LogP contribution in [0.15, 0.2) is 103 Å². The van der Waals surface area contributed by atoms with E-state index in [4.69, 9.17) is 11.6 Å². The summed E-state index contributed by atoms with van der Waals surface area (Å²) in [4.78, 5) is 49.8. The SMILES string of the molecule is CC1=C[C@@H]2N(c3ccccc31)[C@H](C(=O)c1ccc(Cl)cc1)[C@@H](C(=O)c1cccnc1)[C@@]21C(=O)Nc2ccccc21. The molecule has 0 bridgehead atoms. The van der Waals surface area contributed by atoms with Gasteiger partial charge in [0.25, 0.3) is 0 Å². The van der Waals surface area contributed by atoms with Crippen molar-refractivity contribution in [2.24, 2.45) is 5.92 Å². The van der Waals surface area contributed by atoms with Crippen LogP contribution < -0.4 is 10.2 Å². The molecule has 6 nitrogen and oxygen atoms in total. The summed E-state index contributed by atoms with van der Waals surface area (Å²) in [6.07, 6.45) is 5.15. The van der Waals surface area contributed by atoms with Gasteiger partial charge in [-0.2, -0.15) is 0 Å². The zero-order chi connectivity index (χ0) is 27.6. The van der Waals surface area contributed by atoms with Crippen LogP contribution in [0.4, 0.5) is 11.4 Å². The van der Waals surface area contributed by atoms with E-state index >= 15 is 0 Å². The largest absolute Gasteiger partial charge is 0.352 e. The number of anilines is 2. The zero-order valence-electron chi connectivity index (χ0n) is 21.5. The molecule has 0 saturated carbocycles. The van der Waals surface area contributed by atoms with E-state index in [1.807, 2.05) is 66.4 Å². The molecule has 0 unspecified atom stereocenters. The molecule has 40 heavy (non-hydrogen) atoms. The highest BCUT2D eigenvalue weighted by Gasteiger charge is 2.70. The number of pyridine rings is 1. The van der Waals surface area contributed by atoms with Crippen molar-refractivity contribution in [1.29, 1.82) is 0 Å². The normalized spacial score (nSPS) is 24.1. The van der Waals surface area contributed by atoms with E-state index in [-0.39, 0.29) is 17.5 Å². The third-order valence-electron chi connectivity index (χ3n) is 8.51. The van der Waals surface area contributed by atoms with Crippen LogP contribution in [0.25, 0.3) is 5.57 Å². The lowest BCUT2D eigenvalue weighted by Gasteiger charge is -2.39. The van der Waals surface area contributed by atoms with E-state index in [2.05, 4.69) is 10.3 Å². The monoisotopic (exact) mass is 545 g/mol. The van der Waals surface area contributed by atoms with Gasteiger partial charge < -0.3 is 10.2 Å². The number of ketones is 2. The molecule has 7 rings (SSSR count). The molecule has 0 aliphatic carbocycles. The molecule has 3 aliphatic heterocycles. The van der Waals surface area contributed by atoms with Gasteiger partial charge in [-0.3, -0.25) is 19.4 Å². The van der Waals surface area contributed by atoms with Gasteiger partial charge in [-0.1, -0.05) is 54.1 Å². The third kappa shape index (κ3) is 3.29. The highest BCUT2D eigenvalue weighted by atomic mass is 35.5. The number of hydrogen-bond donors (Lipinski definition) is 1. The number of carbonyl (C=O) groups excluding carboxylic acids is 3. The molecule has 4 aromatic rings. The second kappa shape index (κ2) is 9.00. The summed E-state index contributed by atoms with van der Waals surface area (Å²) in [6, 6.07) is 23.8. The van der Waals surface area contributed by atoms with Crippen LogP contribution in [0.1, 0.15) is 38.8 Å². The van der Waals surface area contributed by atoms with E-state index in [0.29, 0.717) is 27.4 Å². The van der Waals surface area contributed by atoms with Crippen molar-refractivity contribution in [3.05, 3.63) is 131 Å². The first kappa shape index (κ1) is 24.5. The number of benzene rings is 3. The van der Waals surface area contributed by atoms with Crippen LogP contribution in [0, 0.1) is 5.92 Å². The van der Waals surface area contributed by atoms with Crippen molar-refractivity contribution in [2.75, 3.05) is 10.2 Å². The smallest absolute Gasteiger partial charge is 0.238 e. The number of hydrogen-bond acceptors (Lipinski definition) is 5.